The van der Waals surface area contributed by atoms with Crippen molar-refractivity contribution in [2.75, 3.05) is 13.1 Å². The number of piperidine rings is 1. The van der Waals surface area contributed by atoms with Gasteiger partial charge in [0.05, 0.1) is 10.9 Å². The lowest BCUT2D eigenvalue weighted by atomic mass is 9.96. The number of rotatable bonds is 2. The van der Waals surface area contributed by atoms with Crippen molar-refractivity contribution in [2.45, 2.75) is 12.8 Å². The molecule has 0 bridgehead atoms. The number of aliphatic carboxylic acids is 1. The molecule has 1 aliphatic heterocycles. The fourth-order valence-electron chi connectivity index (χ4n) is 2.14. The maximum absolute atomic E-state index is 12.3. The van der Waals surface area contributed by atoms with E-state index in [4.69, 9.17) is 16.7 Å². The van der Waals surface area contributed by atoms with Crippen molar-refractivity contribution in [3.8, 4) is 0 Å². The Morgan fingerprint density at radius 2 is 1.95 bits per heavy atom. The molecule has 0 aromatic heterocycles. The van der Waals surface area contributed by atoms with Gasteiger partial charge >= 0.3 is 5.97 Å². The van der Waals surface area contributed by atoms with Crippen molar-refractivity contribution in [3.63, 3.8) is 0 Å². The number of halogens is 2. The van der Waals surface area contributed by atoms with Crippen molar-refractivity contribution >= 4 is 46.1 Å². The van der Waals surface area contributed by atoms with Gasteiger partial charge in [0.2, 0.25) is 0 Å². The maximum Gasteiger partial charge on any atom is 0.306 e. The molecule has 0 unspecified atom stereocenters. The van der Waals surface area contributed by atoms with Crippen LogP contribution in [0.15, 0.2) is 18.2 Å². The van der Waals surface area contributed by atoms with E-state index in [0.717, 1.165) is 3.57 Å². The van der Waals surface area contributed by atoms with E-state index in [-0.39, 0.29) is 11.8 Å². The third kappa shape index (κ3) is 3.39. The van der Waals surface area contributed by atoms with Gasteiger partial charge in [-0.2, -0.15) is 0 Å². The Hall–Kier alpha value is -0.820. The Kier molecular flexibility index (Phi) is 4.67. The van der Waals surface area contributed by atoms with Crippen molar-refractivity contribution < 1.29 is 14.7 Å². The summed E-state index contributed by atoms with van der Waals surface area (Å²) in [7, 11) is 0. The molecule has 1 fully saturated rings. The average molecular weight is 394 g/mol. The molecule has 1 amide bonds. The summed E-state index contributed by atoms with van der Waals surface area (Å²) in [5, 5.41) is 9.49. The standard InChI is InChI=1S/C13H13ClINO3/c14-10-7-9(1-2-11(10)15)12(17)16-5-3-8(4-6-16)13(18)19/h1-2,7-8H,3-6H2,(H,18,19). The number of benzene rings is 1. The summed E-state index contributed by atoms with van der Waals surface area (Å²) in [6, 6.07) is 5.22. The van der Waals surface area contributed by atoms with Gasteiger partial charge in [0.15, 0.2) is 0 Å². The van der Waals surface area contributed by atoms with Crippen LogP contribution in [0.4, 0.5) is 0 Å². The number of likely N-dealkylation sites (tertiary alicyclic amines) is 1. The van der Waals surface area contributed by atoms with Crippen molar-refractivity contribution in [1.29, 1.82) is 0 Å². The molecule has 1 heterocycles. The van der Waals surface area contributed by atoms with Gasteiger partial charge in [0.25, 0.3) is 5.91 Å². The van der Waals surface area contributed by atoms with Crippen LogP contribution in [0.2, 0.25) is 5.02 Å². The number of hydrogen-bond donors (Lipinski definition) is 1. The first kappa shape index (κ1) is 14.6. The second kappa shape index (κ2) is 6.09. The molecule has 1 aromatic carbocycles. The lowest BCUT2D eigenvalue weighted by Gasteiger charge is -2.30. The first-order valence-electron chi connectivity index (χ1n) is 5.96. The molecule has 1 aromatic rings. The predicted octanol–water partition coefficient (Wildman–Crippen LogP) is 2.88. The predicted molar refractivity (Wildman–Crippen MR) is 80.4 cm³/mol. The Bertz CT molecular complexity index is 513. The Balaban J connectivity index is 2.05. The highest BCUT2D eigenvalue weighted by molar-refractivity contribution is 14.1. The minimum absolute atomic E-state index is 0.0814. The van der Waals surface area contributed by atoms with Gasteiger partial charge < -0.3 is 10.0 Å². The Morgan fingerprint density at radius 3 is 2.47 bits per heavy atom. The van der Waals surface area contributed by atoms with E-state index < -0.39 is 5.97 Å². The minimum atomic E-state index is -0.774. The molecular weight excluding hydrogens is 381 g/mol. The lowest BCUT2D eigenvalue weighted by molar-refractivity contribution is -0.143. The monoisotopic (exact) mass is 393 g/mol. The van der Waals surface area contributed by atoms with Gasteiger partial charge in [-0.3, -0.25) is 9.59 Å². The molecule has 19 heavy (non-hydrogen) atoms. The van der Waals surface area contributed by atoms with Crippen LogP contribution < -0.4 is 0 Å². The fourth-order valence-corrected chi connectivity index (χ4v) is 2.66. The van der Waals surface area contributed by atoms with Crippen LogP contribution in [-0.2, 0) is 4.79 Å². The minimum Gasteiger partial charge on any atom is -0.481 e. The lowest BCUT2D eigenvalue weighted by Crippen LogP contribution is -2.40. The van der Waals surface area contributed by atoms with E-state index in [2.05, 4.69) is 22.6 Å². The van der Waals surface area contributed by atoms with E-state index in [1.807, 2.05) is 0 Å². The molecule has 0 radical (unpaired) electrons. The highest BCUT2D eigenvalue weighted by Crippen LogP contribution is 2.23. The SMILES string of the molecule is O=C(O)C1CCN(C(=O)c2ccc(I)c(Cl)c2)CC1. The van der Waals surface area contributed by atoms with Crippen molar-refractivity contribution in [1.82, 2.24) is 4.90 Å². The average Bonchev–Trinajstić information content (AvgIpc) is 2.41. The van der Waals surface area contributed by atoms with Gasteiger partial charge in [0, 0.05) is 22.2 Å². The van der Waals surface area contributed by atoms with Gasteiger partial charge in [-0.15, -0.1) is 0 Å². The molecule has 2 rings (SSSR count). The summed E-state index contributed by atoms with van der Waals surface area (Å²) in [5.74, 6) is -1.18. The van der Waals surface area contributed by atoms with Gasteiger partial charge in [-0.05, 0) is 53.6 Å². The quantitative estimate of drug-likeness (QED) is 0.786. The number of carboxylic acid groups (broad SMARTS) is 1. The largest absolute Gasteiger partial charge is 0.481 e. The van der Waals surface area contributed by atoms with Crippen LogP contribution in [-0.4, -0.2) is 35.0 Å². The fraction of sp³-hybridized carbons (Fsp3) is 0.385. The van der Waals surface area contributed by atoms with Crippen LogP contribution in [0, 0.1) is 9.49 Å². The van der Waals surface area contributed by atoms with Crippen molar-refractivity contribution in [3.05, 3.63) is 32.4 Å². The molecule has 4 nitrogen and oxygen atoms in total. The van der Waals surface area contributed by atoms with E-state index in [1.165, 1.54) is 0 Å². The summed E-state index contributed by atoms with van der Waals surface area (Å²) in [5.41, 5.74) is 0.555. The second-order valence-corrected chi connectivity index (χ2v) is 6.10. The molecule has 1 aliphatic rings. The van der Waals surface area contributed by atoms with Crippen LogP contribution in [0.3, 0.4) is 0 Å². The Morgan fingerprint density at radius 1 is 1.32 bits per heavy atom. The molecule has 0 saturated carbocycles. The first-order chi connectivity index (χ1) is 8.99. The van der Waals surface area contributed by atoms with Crippen LogP contribution in [0.5, 0.6) is 0 Å². The number of carboxylic acids is 1. The molecule has 102 valence electrons. The highest BCUT2D eigenvalue weighted by atomic mass is 127. The van der Waals surface area contributed by atoms with E-state index in [0.29, 0.717) is 36.5 Å². The van der Waals surface area contributed by atoms with Gasteiger partial charge in [0.1, 0.15) is 0 Å². The third-order valence-electron chi connectivity index (χ3n) is 3.30. The summed E-state index contributed by atoms with van der Waals surface area (Å²) in [6.07, 6.45) is 1.03. The normalized spacial score (nSPS) is 16.4. The molecular formula is C13H13ClINO3. The van der Waals surface area contributed by atoms with Crippen LogP contribution in [0.1, 0.15) is 23.2 Å². The summed E-state index contributed by atoms with van der Waals surface area (Å²) in [6.45, 7) is 0.971. The molecule has 6 heteroatoms. The van der Waals surface area contributed by atoms with E-state index >= 15 is 0 Å². The van der Waals surface area contributed by atoms with Gasteiger partial charge in [-0.1, -0.05) is 11.6 Å². The third-order valence-corrected chi connectivity index (χ3v) is 4.87. The first-order valence-corrected chi connectivity index (χ1v) is 7.42. The molecule has 0 spiro atoms. The molecule has 0 aliphatic carbocycles. The zero-order chi connectivity index (χ0) is 14.0. The molecule has 1 N–H and O–H groups in total. The van der Waals surface area contributed by atoms with Crippen molar-refractivity contribution in [2.24, 2.45) is 5.92 Å². The number of carbonyl (C=O) groups is 2. The summed E-state index contributed by atoms with van der Waals surface area (Å²) < 4.78 is 0.903. The summed E-state index contributed by atoms with van der Waals surface area (Å²) in [4.78, 5) is 24.8. The zero-order valence-electron chi connectivity index (χ0n) is 10.1. The number of carbonyl (C=O) groups excluding carboxylic acids is 1. The van der Waals surface area contributed by atoms with E-state index in [9.17, 15) is 9.59 Å². The highest BCUT2D eigenvalue weighted by Gasteiger charge is 2.27. The van der Waals surface area contributed by atoms with E-state index in [1.54, 1.807) is 23.1 Å². The maximum atomic E-state index is 12.3. The topological polar surface area (TPSA) is 57.6 Å². The van der Waals surface area contributed by atoms with Crippen LogP contribution in [0.25, 0.3) is 0 Å². The number of hydrogen-bond acceptors (Lipinski definition) is 2. The molecule has 0 atom stereocenters. The Labute approximate surface area is 129 Å². The smallest absolute Gasteiger partial charge is 0.306 e. The number of amides is 1. The number of nitrogens with zero attached hydrogens (tertiary/aromatic N) is 1. The van der Waals surface area contributed by atoms with Crippen LogP contribution >= 0.6 is 34.2 Å². The van der Waals surface area contributed by atoms with Gasteiger partial charge in [-0.25, -0.2) is 0 Å². The second-order valence-electron chi connectivity index (χ2n) is 4.53. The zero-order valence-corrected chi connectivity index (χ0v) is 13.0. The summed E-state index contributed by atoms with van der Waals surface area (Å²) >= 11 is 8.11. The molecule has 1 saturated heterocycles.